The third-order valence-electron chi connectivity index (χ3n) is 4.04. The number of rotatable bonds is 4. The average molecular weight is 336 g/mol. The SMILES string of the molecule is OC[C@@H](O)[C@H](O)c1nn(-c2ccccc2)c2nc3ccccc3nc12. The van der Waals surface area contributed by atoms with Crippen LogP contribution < -0.4 is 0 Å². The van der Waals surface area contributed by atoms with E-state index in [4.69, 9.17) is 5.11 Å². The molecule has 0 bridgehead atoms. The molecule has 0 amide bonds. The zero-order valence-electron chi connectivity index (χ0n) is 13.2. The Bertz CT molecular complexity index is 1030. The van der Waals surface area contributed by atoms with Gasteiger partial charge in [-0.3, -0.25) is 0 Å². The molecular weight excluding hydrogens is 320 g/mol. The molecule has 4 aromatic rings. The fourth-order valence-electron chi connectivity index (χ4n) is 2.74. The van der Waals surface area contributed by atoms with E-state index in [1.165, 1.54) is 0 Å². The zero-order valence-corrected chi connectivity index (χ0v) is 13.2. The number of hydrogen-bond acceptors (Lipinski definition) is 6. The molecule has 25 heavy (non-hydrogen) atoms. The van der Waals surface area contributed by atoms with Crippen LogP contribution >= 0.6 is 0 Å². The highest BCUT2D eigenvalue weighted by Crippen LogP contribution is 2.27. The number of aliphatic hydroxyl groups is 3. The van der Waals surface area contributed by atoms with Crippen molar-refractivity contribution in [1.82, 2.24) is 19.7 Å². The minimum atomic E-state index is -1.37. The van der Waals surface area contributed by atoms with Crippen LogP contribution in [0.25, 0.3) is 27.9 Å². The highest BCUT2D eigenvalue weighted by atomic mass is 16.4. The molecule has 2 aromatic heterocycles. The highest BCUT2D eigenvalue weighted by molar-refractivity contribution is 5.86. The maximum atomic E-state index is 10.4. The molecule has 0 saturated carbocycles. The molecule has 2 aromatic carbocycles. The Hall–Kier alpha value is -2.87. The normalized spacial score (nSPS) is 14.0. The van der Waals surface area contributed by atoms with Gasteiger partial charge >= 0.3 is 0 Å². The molecule has 3 N–H and O–H groups in total. The summed E-state index contributed by atoms with van der Waals surface area (Å²) in [7, 11) is 0. The molecule has 2 heterocycles. The van der Waals surface area contributed by atoms with Crippen LogP contribution in [0.4, 0.5) is 0 Å². The third kappa shape index (κ3) is 2.64. The van der Waals surface area contributed by atoms with E-state index in [1.54, 1.807) is 4.68 Å². The fourth-order valence-corrected chi connectivity index (χ4v) is 2.74. The van der Waals surface area contributed by atoms with Gasteiger partial charge in [-0.1, -0.05) is 30.3 Å². The minimum Gasteiger partial charge on any atom is -0.394 e. The summed E-state index contributed by atoms with van der Waals surface area (Å²) < 4.78 is 1.58. The monoisotopic (exact) mass is 336 g/mol. The van der Waals surface area contributed by atoms with Crippen LogP contribution in [0.15, 0.2) is 54.6 Å². The van der Waals surface area contributed by atoms with E-state index >= 15 is 0 Å². The first-order valence-electron chi connectivity index (χ1n) is 7.87. The van der Waals surface area contributed by atoms with Crippen molar-refractivity contribution in [2.75, 3.05) is 6.61 Å². The zero-order chi connectivity index (χ0) is 17.4. The molecule has 4 rings (SSSR count). The maximum Gasteiger partial charge on any atom is 0.182 e. The minimum absolute atomic E-state index is 0.179. The van der Waals surface area contributed by atoms with Crippen LogP contribution in [0.5, 0.6) is 0 Å². The van der Waals surface area contributed by atoms with E-state index in [0.29, 0.717) is 22.2 Å². The molecule has 7 heteroatoms. The summed E-state index contributed by atoms with van der Waals surface area (Å²) in [5.74, 6) is 0. The van der Waals surface area contributed by atoms with Crippen molar-refractivity contribution in [2.45, 2.75) is 12.2 Å². The van der Waals surface area contributed by atoms with Gasteiger partial charge in [0.05, 0.1) is 23.3 Å². The summed E-state index contributed by atoms with van der Waals surface area (Å²) in [6.45, 7) is -0.581. The molecular formula is C18H16N4O3. The van der Waals surface area contributed by atoms with Crippen LogP contribution in [0.3, 0.4) is 0 Å². The second-order valence-electron chi connectivity index (χ2n) is 5.71. The first-order valence-corrected chi connectivity index (χ1v) is 7.87. The average Bonchev–Trinajstić information content (AvgIpc) is 3.04. The third-order valence-corrected chi connectivity index (χ3v) is 4.04. The van der Waals surface area contributed by atoms with E-state index in [1.807, 2.05) is 54.6 Å². The summed E-state index contributed by atoms with van der Waals surface area (Å²) in [4.78, 5) is 9.19. The Balaban J connectivity index is 2.03. The Morgan fingerprint density at radius 3 is 2.20 bits per heavy atom. The van der Waals surface area contributed by atoms with Gasteiger partial charge in [-0.2, -0.15) is 5.10 Å². The topological polar surface area (TPSA) is 104 Å². The fraction of sp³-hybridized carbons (Fsp3) is 0.167. The van der Waals surface area contributed by atoms with Gasteiger partial charge in [0.15, 0.2) is 5.65 Å². The smallest absolute Gasteiger partial charge is 0.182 e. The van der Waals surface area contributed by atoms with Gasteiger partial charge < -0.3 is 15.3 Å². The molecule has 0 spiro atoms. The maximum absolute atomic E-state index is 10.4. The Morgan fingerprint density at radius 2 is 1.52 bits per heavy atom. The van der Waals surface area contributed by atoms with Crippen molar-refractivity contribution < 1.29 is 15.3 Å². The second-order valence-corrected chi connectivity index (χ2v) is 5.71. The largest absolute Gasteiger partial charge is 0.394 e. The molecule has 0 radical (unpaired) electrons. The Morgan fingerprint density at radius 1 is 0.880 bits per heavy atom. The van der Waals surface area contributed by atoms with Gasteiger partial charge in [0.2, 0.25) is 0 Å². The molecule has 0 aliphatic heterocycles. The van der Waals surface area contributed by atoms with E-state index in [0.717, 1.165) is 5.69 Å². The second kappa shape index (κ2) is 6.21. The van der Waals surface area contributed by atoms with Crippen LogP contribution in [0.2, 0.25) is 0 Å². The molecule has 0 fully saturated rings. The van der Waals surface area contributed by atoms with Crippen molar-refractivity contribution in [3.63, 3.8) is 0 Å². The van der Waals surface area contributed by atoms with E-state index in [9.17, 15) is 10.2 Å². The van der Waals surface area contributed by atoms with Gasteiger partial charge in [-0.15, -0.1) is 0 Å². The standard InChI is InChI=1S/C18H16N4O3/c23-10-14(24)17(25)15-16-18(20-13-9-5-4-8-12(13)19-16)22(21-15)11-6-2-1-3-7-11/h1-9,14,17,23-25H,10H2/t14-,17+/m1/s1. The highest BCUT2D eigenvalue weighted by Gasteiger charge is 2.26. The van der Waals surface area contributed by atoms with Gasteiger partial charge in [-0.25, -0.2) is 14.6 Å². The molecule has 0 unspecified atom stereocenters. The molecule has 0 aliphatic rings. The summed E-state index contributed by atoms with van der Waals surface area (Å²) in [6, 6.07) is 16.8. The van der Waals surface area contributed by atoms with E-state index in [-0.39, 0.29) is 5.69 Å². The summed E-state index contributed by atoms with van der Waals surface area (Å²) in [6.07, 6.45) is -2.72. The number of fused-ring (bicyclic) bond motifs is 2. The predicted molar refractivity (Wildman–Crippen MR) is 92.2 cm³/mol. The van der Waals surface area contributed by atoms with Gasteiger partial charge in [0, 0.05) is 0 Å². The van der Waals surface area contributed by atoms with Crippen molar-refractivity contribution in [1.29, 1.82) is 0 Å². The van der Waals surface area contributed by atoms with E-state index < -0.39 is 18.8 Å². The number of hydrogen-bond donors (Lipinski definition) is 3. The summed E-state index contributed by atoms with van der Waals surface area (Å²) in [5, 5.41) is 33.8. The van der Waals surface area contributed by atoms with Gasteiger partial charge in [0.25, 0.3) is 0 Å². The molecule has 7 nitrogen and oxygen atoms in total. The predicted octanol–water partition coefficient (Wildman–Crippen LogP) is 1.36. The number of nitrogens with zero attached hydrogens (tertiary/aromatic N) is 4. The molecule has 0 saturated heterocycles. The van der Waals surface area contributed by atoms with E-state index in [2.05, 4.69) is 15.1 Å². The quantitative estimate of drug-likeness (QED) is 0.520. The lowest BCUT2D eigenvalue weighted by Gasteiger charge is -2.12. The van der Waals surface area contributed by atoms with Crippen LogP contribution in [0, 0.1) is 0 Å². The van der Waals surface area contributed by atoms with Crippen molar-refractivity contribution in [3.05, 3.63) is 60.3 Å². The number of para-hydroxylation sites is 3. The first-order chi connectivity index (χ1) is 12.2. The lowest BCUT2D eigenvalue weighted by molar-refractivity contribution is -0.0168. The lowest BCUT2D eigenvalue weighted by Crippen LogP contribution is -2.22. The first kappa shape index (κ1) is 15.6. The van der Waals surface area contributed by atoms with Gasteiger partial charge in [-0.05, 0) is 24.3 Å². The van der Waals surface area contributed by atoms with Crippen LogP contribution in [0.1, 0.15) is 11.8 Å². The Kier molecular flexibility index (Phi) is 3.89. The van der Waals surface area contributed by atoms with Crippen molar-refractivity contribution in [2.24, 2.45) is 0 Å². The Labute approximate surface area is 142 Å². The van der Waals surface area contributed by atoms with Crippen LogP contribution in [-0.2, 0) is 0 Å². The number of benzene rings is 2. The van der Waals surface area contributed by atoms with Crippen molar-refractivity contribution >= 4 is 22.2 Å². The molecule has 126 valence electrons. The number of aromatic nitrogens is 4. The van der Waals surface area contributed by atoms with Crippen molar-refractivity contribution in [3.8, 4) is 5.69 Å². The summed E-state index contributed by atoms with van der Waals surface area (Å²) >= 11 is 0. The van der Waals surface area contributed by atoms with Gasteiger partial charge in [0.1, 0.15) is 23.4 Å². The molecule has 2 atom stereocenters. The van der Waals surface area contributed by atoms with Crippen LogP contribution in [-0.4, -0.2) is 47.8 Å². The lowest BCUT2D eigenvalue weighted by atomic mass is 10.1. The number of aliphatic hydroxyl groups excluding tert-OH is 3. The molecule has 0 aliphatic carbocycles. The summed E-state index contributed by atoms with van der Waals surface area (Å²) in [5.41, 5.74) is 3.17.